The van der Waals surface area contributed by atoms with Crippen molar-refractivity contribution < 1.29 is 8.78 Å². The number of halogens is 2. The van der Waals surface area contributed by atoms with Crippen LogP contribution in [0.25, 0.3) is 11.0 Å². The highest BCUT2D eigenvalue weighted by Gasteiger charge is 2.73. The normalized spacial score (nSPS) is 31.2. The van der Waals surface area contributed by atoms with E-state index in [-0.39, 0.29) is 5.56 Å². The number of fused-ring (bicyclic) bond motifs is 1. The second-order valence-electron chi connectivity index (χ2n) is 6.29. The van der Waals surface area contributed by atoms with Gasteiger partial charge in [-0.2, -0.15) is 0 Å². The van der Waals surface area contributed by atoms with Gasteiger partial charge in [0, 0.05) is 17.9 Å². The summed E-state index contributed by atoms with van der Waals surface area (Å²) in [6.45, 7) is 0. The lowest BCUT2D eigenvalue weighted by molar-refractivity contribution is -0.223. The Morgan fingerprint density at radius 1 is 1.25 bits per heavy atom. The molecule has 0 spiro atoms. The van der Waals surface area contributed by atoms with E-state index in [0.717, 1.165) is 11.0 Å². The summed E-state index contributed by atoms with van der Waals surface area (Å²) in [5.41, 5.74) is 0.623. The third kappa shape index (κ3) is 1.23. The Kier molecular flexibility index (Phi) is 2.07. The predicted molar refractivity (Wildman–Crippen MR) is 71.0 cm³/mol. The van der Waals surface area contributed by atoms with Gasteiger partial charge in [0.2, 0.25) is 6.43 Å². The van der Waals surface area contributed by atoms with E-state index in [2.05, 4.69) is 4.98 Å². The molecule has 2 aromatic rings. The molecule has 3 nitrogen and oxygen atoms in total. The van der Waals surface area contributed by atoms with Gasteiger partial charge in [0.15, 0.2) is 0 Å². The third-order valence-corrected chi connectivity index (χ3v) is 5.02. The molecule has 3 aliphatic rings. The largest absolute Gasteiger partial charge is 0.308 e. The van der Waals surface area contributed by atoms with E-state index < -0.39 is 17.3 Å². The maximum absolute atomic E-state index is 12.9. The molecule has 1 aromatic carbocycles. The van der Waals surface area contributed by atoms with Crippen LogP contribution in [0, 0.1) is 5.41 Å². The molecule has 104 valence electrons. The van der Waals surface area contributed by atoms with Crippen LogP contribution in [0.3, 0.4) is 0 Å². The van der Waals surface area contributed by atoms with Crippen LogP contribution in [0.4, 0.5) is 8.78 Å². The van der Waals surface area contributed by atoms with Crippen molar-refractivity contribution in [1.82, 2.24) is 9.55 Å². The molecule has 0 N–H and O–H groups in total. The highest BCUT2D eigenvalue weighted by molar-refractivity contribution is 5.74. The fourth-order valence-electron chi connectivity index (χ4n) is 3.97. The van der Waals surface area contributed by atoms with Crippen LogP contribution in [0.5, 0.6) is 0 Å². The lowest BCUT2D eigenvalue weighted by atomic mass is 9.34. The van der Waals surface area contributed by atoms with Crippen molar-refractivity contribution in [2.75, 3.05) is 0 Å². The molecular formula is C15H14F2N2O. The first-order valence-corrected chi connectivity index (χ1v) is 6.72. The van der Waals surface area contributed by atoms with E-state index in [1.807, 2.05) is 24.3 Å². The second kappa shape index (κ2) is 3.45. The van der Waals surface area contributed by atoms with Crippen LogP contribution in [0.2, 0.25) is 0 Å². The Labute approximate surface area is 114 Å². The molecule has 2 bridgehead atoms. The molecular weight excluding hydrogens is 262 g/mol. The molecule has 3 aliphatic carbocycles. The van der Waals surface area contributed by atoms with Crippen LogP contribution in [-0.2, 0) is 12.5 Å². The molecule has 5 heteroatoms. The molecule has 20 heavy (non-hydrogen) atoms. The van der Waals surface area contributed by atoms with E-state index in [1.54, 1.807) is 11.6 Å². The summed E-state index contributed by atoms with van der Waals surface area (Å²) in [5.74, 6) is 0. The quantitative estimate of drug-likeness (QED) is 0.845. The minimum absolute atomic E-state index is 0.147. The van der Waals surface area contributed by atoms with Crippen molar-refractivity contribution in [3.63, 3.8) is 0 Å². The molecule has 0 saturated heterocycles. The zero-order valence-electron chi connectivity index (χ0n) is 11.1. The molecule has 1 aromatic heterocycles. The van der Waals surface area contributed by atoms with Gasteiger partial charge in [0.1, 0.15) is 5.69 Å². The number of para-hydroxylation sites is 2. The summed E-state index contributed by atoms with van der Waals surface area (Å²) in [6, 6.07) is 7.42. The summed E-state index contributed by atoms with van der Waals surface area (Å²) < 4.78 is 27.4. The van der Waals surface area contributed by atoms with Gasteiger partial charge in [0.05, 0.1) is 11.0 Å². The van der Waals surface area contributed by atoms with E-state index in [1.165, 1.54) is 0 Å². The van der Waals surface area contributed by atoms with Crippen molar-refractivity contribution in [3.8, 4) is 0 Å². The average molecular weight is 276 g/mol. The summed E-state index contributed by atoms with van der Waals surface area (Å²) in [7, 11) is 1.71. The first kappa shape index (κ1) is 12.0. The SMILES string of the molecule is Cn1c(=O)c(C23CC(C(F)F)(C2)C3)nc2ccccc21. The summed E-state index contributed by atoms with van der Waals surface area (Å²) in [6.07, 6.45) is -1.08. The number of benzene rings is 1. The zero-order chi connectivity index (χ0) is 14.1. The number of hydrogen-bond acceptors (Lipinski definition) is 2. The van der Waals surface area contributed by atoms with E-state index in [0.29, 0.717) is 25.0 Å². The highest BCUT2D eigenvalue weighted by atomic mass is 19.3. The van der Waals surface area contributed by atoms with Crippen LogP contribution >= 0.6 is 0 Å². The maximum atomic E-state index is 12.9. The van der Waals surface area contributed by atoms with Gasteiger partial charge in [-0.05, 0) is 31.4 Å². The van der Waals surface area contributed by atoms with Crippen LogP contribution in [0.15, 0.2) is 29.1 Å². The van der Waals surface area contributed by atoms with Gasteiger partial charge in [-0.25, -0.2) is 13.8 Å². The summed E-state index contributed by atoms with van der Waals surface area (Å²) >= 11 is 0. The molecule has 0 radical (unpaired) electrons. The van der Waals surface area contributed by atoms with Crippen LogP contribution < -0.4 is 5.56 Å². The molecule has 0 amide bonds. The van der Waals surface area contributed by atoms with Gasteiger partial charge >= 0.3 is 0 Å². The smallest absolute Gasteiger partial charge is 0.273 e. The summed E-state index contributed by atoms with van der Waals surface area (Å²) in [5, 5.41) is 0. The van der Waals surface area contributed by atoms with Gasteiger partial charge < -0.3 is 4.57 Å². The van der Waals surface area contributed by atoms with Gasteiger partial charge in [-0.1, -0.05) is 12.1 Å². The predicted octanol–water partition coefficient (Wildman–Crippen LogP) is 2.62. The fraction of sp³-hybridized carbons (Fsp3) is 0.467. The molecule has 0 atom stereocenters. The van der Waals surface area contributed by atoms with E-state index in [4.69, 9.17) is 0 Å². The van der Waals surface area contributed by atoms with Gasteiger partial charge in [-0.3, -0.25) is 4.79 Å². The third-order valence-electron chi connectivity index (χ3n) is 5.02. The van der Waals surface area contributed by atoms with Crippen molar-refractivity contribution >= 4 is 11.0 Å². The lowest BCUT2D eigenvalue weighted by Gasteiger charge is -2.69. The minimum Gasteiger partial charge on any atom is -0.308 e. The molecule has 0 aliphatic heterocycles. The van der Waals surface area contributed by atoms with E-state index in [9.17, 15) is 13.6 Å². The number of nitrogens with zero attached hydrogens (tertiary/aromatic N) is 2. The molecule has 0 unspecified atom stereocenters. The number of rotatable bonds is 2. The van der Waals surface area contributed by atoms with Crippen LogP contribution in [-0.4, -0.2) is 16.0 Å². The number of hydrogen-bond donors (Lipinski definition) is 0. The first-order valence-electron chi connectivity index (χ1n) is 6.72. The van der Waals surface area contributed by atoms with Crippen LogP contribution in [0.1, 0.15) is 25.0 Å². The first-order chi connectivity index (χ1) is 9.47. The lowest BCUT2D eigenvalue weighted by Crippen LogP contribution is -2.69. The molecule has 3 saturated carbocycles. The minimum atomic E-state index is -2.28. The fourth-order valence-corrected chi connectivity index (χ4v) is 3.97. The topological polar surface area (TPSA) is 34.9 Å². The standard InChI is InChI=1S/C15H14F2N2O/c1-19-10-5-3-2-4-9(10)18-11(12(19)20)14-6-15(7-14,8-14)13(16)17/h2-5,13H,6-8H2,1H3. The van der Waals surface area contributed by atoms with Gasteiger partial charge in [-0.15, -0.1) is 0 Å². The number of aryl methyl sites for hydroxylation is 1. The van der Waals surface area contributed by atoms with Crippen molar-refractivity contribution in [3.05, 3.63) is 40.3 Å². The zero-order valence-corrected chi connectivity index (χ0v) is 11.1. The Bertz CT molecular complexity index is 761. The Morgan fingerprint density at radius 2 is 1.90 bits per heavy atom. The van der Waals surface area contributed by atoms with Gasteiger partial charge in [0.25, 0.3) is 5.56 Å². The maximum Gasteiger partial charge on any atom is 0.273 e. The Morgan fingerprint density at radius 3 is 2.55 bits per heavy atom. The monoisotopic (exact) mass is 276 g/mol. The highest BCUT2D eigenvalue weighted by Crippen LogP contribution is 2.74. The van der Waals surface area contributed by atoms with E-state index >= 15 is 0 Å². The van der Waals surface area contributed by atoms with Crippen molar-refractivity contribution in [2.45, 2.75) is 31.1 Å². The Hall–Kier alpha value is -1.78. The molecule has 3 fully saturated rings. The van der Waals surface area contributed by atoms with Crippen molar-refractivity contribution in [1.29, 1.82) is 0 Å². The second-order valence-corrected chi connectivity index (χ2v) is 6.29. The molecule has 5 rings (SSSR count). The average Bonchev–Trinajstić information content (AvgIpc) is 2.31. The Balaban J connectivity index is 1.84. The number of alkyl halides is 2. The summed E-state index contributed by atoms with van der Waals surface area (Å²) in [4.78, 5) is 16.9. The number of aromatic nitrogens is 2. The molecule has 1 heterocycles. The van der Waals surface area contributed by atoms with Crippen molar-refractivity contribution in [2.24, 2.45) is 12.5 Å².